The molecular weight excluding hydrogens is 344 g/mol. The van der Waals surface area contributed by atoms with Gasteiger partial charge in [0.05, 0.1) is 12.7 Å². The minimum absolute atomic E-state index is 0.0880. The Morgan fingerprint density at radius 2 is 1.96 bits per heavy atom. The Bertz CT molecular complexity index is 646. The van der Waals surface area contributed by atoms with E-state index in [1.165, 1.54) is 32.7 Å². The Balaban J connectivity index is 2.93. The van der Waals surface area contributed by atoms with Gasteiger partial charge in [0, 0.05) is 11.3 Å². The molecule has 0 heterocycles. The van der Waals surface area contributed by atoms with Crippen molar-refractivity contribution >= 4 is 29.5 Å². The van der Waals surface area contributed by atoms with Crippen molar-refractivity contribution in [1.82, 2.24) is 5.32 Å². The Hall–Kier alpha value is -2.22. The maximum absolute atomic E-state index is 12.6. The summed E-state index contributed by atoms with van der Waals surface area (Å²) in [4.78, 5) is 36.0. The van der Waals surface area contributed by atoms with E-state index in [-0.39, 0.29) is 11.9 Å². The van der Waals surface area contributed by atoms with Gasteiger partial charge in [0.1, 0.15) is 17.2 Å². The van der Waals surface area contributed by atoms with E-state index in [2.05, 4.69) is 5.32 Å². The lowest BCUT2D eigenvalue weighted by molar-refractivity contribution is -0.141. The topological polar surface area (TPSA) is 108 Å². The van der Waals surface area contributed by atoms with E-state index in [4.69, 9.17) is 15.2 Å². The highest BCUT2D eigenvalue weighted by Crippen LogP contribution is 2.27. The fourth-order valence-electron chi connectivity index (χ4n) is 1.79. The van der Waals surface area contributed by atoms with Crippen LogP contribution in [0.3, 0.4) is 0 Å². The van der Waals surface area contributed by atoms with Crippen LogP contribution >= 0.6 is 11.8 Å². The first kappa shape index (κ1) is 20.8. The Morgan fingerprint density at radius 3 is 2.52 bits per heavy atom. The molecule has 0 aliphatic heterocycles. The van der Waals surface area contributed by atoms with Gasteiger partial charge in [-0.1, -0.05) is 18.7 Å². The number of nitrogens with one attached hydrogen (secondary N) is 1. The lowest BCUT2D eigenvalue weighted by Gasteiger charge is -2.23. The molecule has 0 fully saturated rings. The molecule has 0 aromatic heterocycles. The smallest absolute Gasteiger partial charge is 0.306 e. The van der Waals surface area contributed by atoms with Crippen LogP contribution in [-0.2, 0) is 14.3 Å². The number of esters is 1. The number of hydrogen-bond acceptors (Lipinski definition) is 6. The van der Waals surface area contributed by atoms with E-state index >= 15 is 0 Å². The average molecular weight is 368 g/mol. The van der Waals surface area contributed by atoms with E-state index < -0.39 is 17.4 Å². The summed E-state index contributed by atoms with van der Waals surface area (Å²) in [6.07, 6.45) is 1.06. The SMILES string of the molecule is CCCC(=O)OCSc1ccc(OC)cc1C(=O)NC(C)(C)C(N)=O. The molecule has 0 saturated heterocycles. The third kappa shape index (κ3) is 6.30. The number of primary amides is 1. The molecule has 0 saturated carbocycles. The van der Waals surface area contributed by atoms with Crippen LogP contribution in [0.2, 0.25) is 0 Å². The van der Waals surface area contributed by atoms with Gasteiger partial charge in [-0.2, -0.15) is 0 Å². The third-order valence-electron chi connectivity index (χ3n) is 3.36. The van der Waals surface area contributed by atoms with Crippen LogP contribution in [-0.4, -0.2) is 36.4 Å². The largest absolute Gasteiger partial charge is 0.497 e. The number of rotatable bonds is 9. The standard InChI is InChI=1S/C17H24N2O5S/c1-5-6-14(20)24-10-25-13-8-7-11(23-4)9-12(13)15(21)19-17(2,3)16(18)22/h7-9H,5-6,10H2,1-4H3,(H2,18,22)(H,19,21). The maximum Gasteiger partial charge on any atom is 0.306 e. The molecule has 1 aromatic rings. The van der Waals surface area contributed by atoms with Gasteiger partial charge >= 0.3 is 5.97 Å². The van der Waals surface area contributed by atoms with Crippen molar-refractivity contribution in [1.29, 1.82) is 0 Å². The van der Waals surface area contributed by atoms with E-state index in [0.717, 1.165) is 0 Å². The van der Waals surface area contributed by atoms with Crippen molar-refractivity contribution in [2.24, 2.45) is 5.73 Å². The van der Waals surface area contributed by atoms with Gasteiger partial charge in [0.25, 0.3) is 5.91 Å². The molecule has 0 radical (unpaired) electrons. The second-order valence-electron chi connectivity index (χ2n) is 5.83. The molecule has 0 aliphatic rings. The number of amides is 2. The summed E-state index contributed by atoms with van der Waals surface area (Å²) < 4.78 is 10.2. The first-order chi connectivity index (χ1) is 11.7. The molecule has 1 aromatic carbocycles. The number of carbonyl (C=O) groups is 3. The molecule has 7 nitrogen and oxygen atoms in total. The van der Waals surface area contributed by atoms with E-state index in [1.54, 1.807) is 18.2 Å². The summed E-state index contributed by atoms with van der Waals surface area (Å²) in [5.74, 6) is -0.819. The normalized spacial score (nSPS) is 10.9. The zero-order chi connectivity index (χ0) is 19.0. The number of methoxy groups -OCH3 is 1. The molecule has 0 atom stereocenters. The molecule has 2 amide bonds. The lowest BCUT2D eigenvalue weighted by atomic mass is 10.0. The first-order valence-electron chi connectivity index (χ1n) is 7.80. The number of hydrogen-bond donors (Lipinski definition) is 2. The summed E-state index contributed by atoms with van der Waals surface area (Å²) >= 11 is 1.21. The van der Waals surface area contributed by atoms with Crippen molar-refractivity contribution in [2.45, 2.75) is 44.0 Å². The van der Waals surface area contributed by atoms with Crippen molar-refractivity contribution in [3.05, 3.63) is 23.8 Å². The van der Waals surface area contributed by atoms with Gasteiger partial charge in [0.15, 0.2) is 0 Å². The molecule has 0 aliphatic carbocycles. The Kier molecular flexibility index (Phi) is 7.76. The van der Waals surface area contributed by atoms with Crippen molar-refractivity contribution in [2.75, 3.05) is 13.0 Å². The van der Waals surface area contributed by atoms with Crippen LogP contribution in [0.4, 0.5) is 0 Å². The fraction of sp³-hybridized carbons (Fsp3) is 0.471. The summed E-state index contributed by atoms with van der Waals surface area (Å²) in [5, 5.41) is 2.59. The monoisotopic (exact) mass is 368 g/mol. The number of thioether (sulfide) groups is 1. The molecular formula is C17H24N2O5S. The van der Waals surface area contributed by atoms with Gasteiger partial charge in [-0.05, 0) is 38.5 Å². The number of nitrogens with two attached hydrogens (primary N) is 1. The summed E-state index contributed by atoms with van der Waals surface area (Å²) in [6.45, 7) is 4.93. The van der Waals surface area contributed by atoms with Gasteiger partial charge in [-0.25, -0.2) is 0 Å². The van der Waals surface area contributed by atoms with Crippen LogP contribution in [0.5, 0.6) is 5.75 Å². The number of ether oxygens (including phenoxy) is 2. The molecule has 0 spiro atoms. The molecule has 0 unspecified atom stereocenters. The second kappa shape index (κ2) is 9.31. The Morgan fingerprint density at radius 1 is 1.28 bits per heavy atom. The van der Waals surface area contributed by atoms with E-state index in [1.807, 2.05) is 6.92 Å². The summed E-state index contributed by atoms with van der Waals surface area (Å²) in [5.41, 5.74) is 4.40. The fourth-order valence-corrected chi connectivity index (χ4v) is 2.58. The van der Waals surface area contributed by atoms with Gasteiger partial charge in [-0.15, -0.1) is 0 Å². The molecule has 3 N–H and O–H groups in total. The van der Waals surface area contributed by atoms with Gasteiger partial charge < -0.3 is 20.5 Å². The number of benzene rings is 1. The maximum atomic E-state index is 12.6. The van der Waals surface area contributed by atoms with Crippen molar-refractivity contribution < 1.29 is 23.9 Å². The van der Waals surface area contributed by atoms with Crippen LogP contribution in [0.25, 0.3) is 0 Å². The number of carbonyl (C=O) groups excluding carboxylic acids is 3. The molecule has 138 valence electrons. The summed E-state index contributed by atoms with van der Waals surface area (Å²) in [6, 6.07) is 4.96. The minimum atomic E-state index is -1.20. The lowest BCUT2D eigenvalue weighted by Crippen LogP contribution is -2.53. The molecule has 25 heavy (non-hydrogen) atoms. The molecule has 0 bridgehead atoms. The molecule has 8 heteroatoms. The van der Waals surface area contributed by atoms with E-state index in [9.17, 15) is 14.4 Å². The van der Waals surface area contributed by atoms with Crippen molar-refractivity contribution in [3.8, 4) is 5.75 Å². The minimum Gasteiger partial charge on any atom is -0.497 e. The average Bonchev–Trinajstić information content (AvgIpc) is 2.54. The zero-order valence-corrected chi connectivity index (χ0v) is 15.7. The third-order valence-corrected chi connectivity index (χ3v) is 4.26. The van der Waals surface area contributed by atoms with Gasteiger partial charge in [-0.3, -0.25) is 14.4 Å². The highest BCUT2D eigenvalue weighted by Gasteiger charge is 2.28. The van der Waals surface area contributed by atoms with Crippen LogP contribution in [0.1, 0.15) is 44.0 Å². The molecule has 1 rings (SSSR count). The van der Waals surface area contributed by atoms with Crippen molar-refractivity contribution in [3.63, 3.8) is 0 Å². The zero-order valence-electron chi connectivity index (χ0n) is 14.9. The highest BCUT2D eigenvalue weighted by atomic mass is 32.2. The van der Waals surface area contributed by atoms with E-state index in [0.29, 0.717) is 29.1 Å². The Labute approximate surface area is 151 Å². The highest BCUT2D eigenvalue weighted by molar-refractivity contribution is 7.99. The van der Waals surface area contributed by atoms with Crippen LogP contribution < -0.4 is 15.8 Å². The predicted octanol–water partition coefficient (Wildman–Crippen LogP) is 2.08. The van der Waals surface area contributed by atoms with Gasteiger partial charge in [0.2, 0.25) is 5.91 Å². The van der Waals surface area contributed by atoms with Crippen LogP contribution in [0, 0.1) is 0 Å². The summed E-state index contributed by atoms with van der Waals surface area (Å²) in [7, 11) is 1.49. The second-order valence-corrected chi connectivity index (χ2v) is 6.80. The van der Waals surface area contributed by atoms with Crippen LogP contribution in [0.15, 0.2) is 23.1 Å². The predicted molar refractivity (Wildman–Crippen MR) is 95.5 cm³/mol. The quantitative estimate of drug-likeness (QED) is 0.392. The first-order valence-corrected chi connectivity index (χ1v) is 8.78.